The van der Waals surface area contributed by atoms with Crippen LogP contribution in [0.4, 0.5) is 0 Å². The van der Waals surface area contributed by atoms with Crippen LogP contribution in [0.1, 0.15) is 52.7 Å². The number of carbonyl (C=O) groups is 5. The molecule has 3 amide bonds. The molecule has 1 heterocycles. The number of H-pyrrole nitrogens is 1. The van der Waals surface area contributed by atoms with E-state index in [0.29, 0.717) is 12.1 Å². The maximum absolute atomic E-state index is 13.0. The number of carboxylic acids is 2. The average Bonchev–Trinajstić information content (AvgIpc) is 3.26. The fraction of sp³-hybridized carbons (Fsp3) is 0.636. The van der Waals surface area contributed by atoms with E-state index in [2.05, 4.69) is 25.9 Å². The zero-order valence-electron chi connectivity index (χ0n) is 20.4. The van der Waals surface area contributed by atoms with Gasteiger partial charge in [-0.1, -0.05) is 27.7 Å². The molecule has 13 heteroatoms. The van der Waals surface area contributed by atoms with Crippen molar-refractivity contribution in [3.63, 3.8) is 0 Å². The number of amides is 3. The van der Waals surface area contributed by atoms with Gasteiger partial charge in [-0.3, -0.25) is 19.2 Å². The Morgan fingerprint density at radius 2 is 1.60 bits per heavy atom. The molecule has 0 aliphatic carbocycles. The van der Waals surface area contributed by atoms with Gasteiger partial charge in [-0.25, -0.2) is 9.78 Å². The Morgan fingerprint density at radius 1 is 0.971 bits per heavy atom. The third kappa shape index (κ3) is 10.5. The summed E-state index contributed by atoms with van der Waals surface area (Å²) in [6.45, 7) is 7.06. The van der Waals surface area contributed by atoms with Gasteiger partial charge < -0.3 is 36.9 Å². The van der Waals surface area contributed by atoms with Crippen LogP contribution in [0.5, 0.6) is 0 Å². The lowest BCUT2D eigenvalue weighted by molar-refractivity contribution is -0.142. The number of hydrogen-bond donors (Lipinski definition) is 7. The van der Waals surface area contributed by atoms with Crippen LogP contribution in [-0.2, 0) is 30.4 Å². The SMILES string of the molecule is CC(C)CC(N)C(=O)NC(CCC(=O)O)C(=O)NC(C(=O)NC(Cc1cnc[nH]1)C(=O)O)C(C)C. The molecule has 8 N–H and O–H groups in total. The molecular formula is C22H36N6O7. The van der Waals surface area contributed by atoms with E-state index in [1.165, 1.54) is 12.5 Å². The summed E-state index contributed by atoms with van der Waals surface area (Å²) in [6.07, 6.45) is 2.51. The van der Waals surface area contributed by atoms with Crippen LogP contribution >= 0.6 is 0 Å². The molecule has 1 aromatic heterocycles. The smallest absolute Gasteiger partial charge is 0.326 e. The van der Waals surface area contributed by atoms with Crippen molar-refractivity contribution >= 4 is 29.7 Å². The Bertz CT molecular complexity index is 872. The number of carboxylic acid groups (broad SMARTS) is 2. The van der Waals surface area contributed by atoms with E-state index < -0.39 is 66.2 Å². The minimum Gasteiger partial charge on any atom is -0.481 e. The van der Waals surface area contributed by atoms with Gasteiger partial charge in [0.25, 0.3) is 0 Å². The standard InChI is InChI=1S/C22H36N6O7/c1-11(2)7-14(23)19(31)26-15(5-6-17(29)30)20(32)28-18(12(3)4)21(33)27-16(22(34)35)8-13-9-24-10-25-13/h9-12,14-16,18H,5-8,23H2,1-4H3,(H,24,25)(H,26,31)(H,27,33)(H,28,32)(H,29,30)(H,34,35). The number of rotatable bonds is 15. The topological polar surface area (TPSA) is 217 Å². The number of aromatic nitrogens is 2. The minimum absolute atomic E-state index is 0.0507. The minimum atomic E-state index is -1.28. The zero-order chi connectivity index (χ0) is 26.7. The van der Waals surface area contributed by atoms with Crippen molar-refractivity contribution in [2.75, 3.05) is 0 Å². The maximum atomic E-state index is 13.0. The summed E-state index contributed by atoms with van der Waals surface area (Å²) in [5.74, 6) is -4.87. The van der Waals surface area contributed by atoms with E-state index in [9.17, 15) is 29.1 Å². The largest absolute Gasteiger partial charge is 0.481 e. The number of aromatic amines is 1. The van der Waals surface area contributed by atoms with Gasteiger partial charge in [0.1, 0.15) is 18.1 Å². The van der Waals surface area contributed by atoms with Gasteiger partial charge >= 0.3 is 11.9 Å². The maximum Gasteiger partial charge on any atom is 0.326 e. The van der Waals surface area contributed by atoms with E-state index in [-0.39, 0.29) is 18.8 Å². The summed E-state index contributed by atoms with van der Waals surface area (Å²) in [7, 11) is 0. The molecule has 4 atom stereocenters. The van der Waals surface area contributed by atoms with Crippen molar-refractivity contribution in [2.45, 2.75) is 77.5 Å². The third-order valence-corrected chi connectivity index (χ3v) is 5.18. The molecule has 0 bridgehead atoms. The second kappa shape index (κ2) is 14.0. The summed E-state index contributed by atoms with van der Waals surface area (Å²) in [5.41, 5.74) is 6.37. The van der Waals surface area contributed by atoms with Gasteiger partial charge in [-0.15, -0.1) is 0 Å². The van der Waals surface area contributed by atoms with E-state index in [4.69, 9.17) is 10.8 Å². The van der Waals surface area contributed by atoms with Crippen molar-refractivity contribution in [2.24, 2.45) is 17.6 Å². The molecule has 0 saturated heterocycles. The first-order valence-electron chi connectivity index (χ1n) is 11.4. The molecule has 0 aromatic carbocycles. The van der Waals surface area contributed by atoms with Crippen molar-refractivity contribution in [1.82, 2.24) is 25.9 Å². The van der Waals surface area contributed by atoms with Crippen LogP contribution in [-0.4, -0.2) is 74.0 Å². The summed E-state index contributed by atoms with van der Waals surface area (Å²) >= 11 is 0. The highest BCUT2D eigenvalue weighted by Gasteiger charge is 2.32. The average molecular weight is 497 g/mol. The number of carbonyl (C=O) groups excluding carboxylic acids is 3. The first-order chi connectivity index (χ1) is 16.3. The summed E-state index contributed by atoms with van der Waals surface area (Å²) in [6, 6.07) is -4.55. The number of aliphatic carboxylic acids is 2. The molecule has 196 valence electrons. The van der Waals surface area contributed by atoms with Crippen LogP contribution < -0.4 is 21.7 Å². The number of nitrogens with zero attached hydrogens (tertiary/aromatic N) is 1. The molecule has 0 saturated carbocycles. The second-order valence-corrected chi connectivity index (χ2v) is 9.14. The lowest BCUT2D eigenvalue weighted by atomic mass is 10.0. The summed E-state index contributed by atoms with van der Waals surface area (Å²) < 4.78 is 0. The molecular weight excluding hydrogens is 460 g/mol. The van der Waals surface area contributed by atoms with Gasteiger partial charge in [0.15, 0.2) is 0 Å². The fourth-order valence-electron chi connectivity index (χ4n) is 3.30. The predicted molar refractivity (Wildman–Crippen MR) is 125 cm³/mol. The molecule has 1 rings (SSSR count). The predicted octanol–water partition coefficient (Wildman–Crippen LogP) is -0.615. The van der Waals surface area contributed by atoms with Crippen LogP contribution in [0.15, 0.2) is 12.5 Å². The summed E-state index contributed by atoms with van der Waals surface area (Å²) in [4.78, 5) is 67.6. The van der Waals surface area contributed by atoms with Crippen molar-refractivity contribution in [1.29, 1.82) is 0 Å². The number of nitrogens with one attached hydrogen (secondary N) is 4. The van der Waals surface area contributed by atoms with E-state index in [0.717, 1.165) is 0 Å². The zero-order valence-corrected chi connectivity index (χ0v) is 20.4. The Hall–Kier alpha value is -3.48. The van der Waals surface area contributed by atoms with Gasteiger partial charge in [0, 0.05) is 24.7 Å². The normalized spacial score (nSPS) is 14.6. The highest BCUT2D eigenvalue weighted by molar-refractivity contribution is 5.94. The first-order valence-corrected chi connectivity index (χ1v) is 11.4. The van der Waals surface area contributed by atoms with Gasteiger partial charge in [-0.05, 0) is 24.7 Å². The molecule has 0 aliphatic rings. The highest BCUT2D eigenvalue weighted by Crippen LogP contribution is 2.08. The van der Waals surface area contributed by atoms with Gasteiger partial charge in [0.05, 0.1) is 12.4 Å². The molecule has 0 fully saturated rings. The number of imidazole rings is 1. The molecule has 0 spiro atoms. The Morgan fingerprint density at radius 3 is 2.09 bits per heavy atom. The lowest BCUT2D eigenvalue weighted by Gasteiger charge is -2.27. The van der Waals surface area contributed by atoms with E-state index >= 15 is 0 Å². The molecule has 1 aromatic rings. The van der Waals surface area contributed by atoms with Crippen molar-refractivity contribution in [3.05, 3.63) is 18.2 Å². The third-order valence-electron chi connectivity index (χ3n) is 5.18. The number of nitrogens with two attached hydrogens (primary N) is 1. The van der Waals surface area contributed by atoms with Crippen LogP contribution in [0.25, 0.3) is 0 Å². The van der Waals surface area contributed by atoms with Crippen molar-refractivity contribution in [3.8, 4) is 0 Å². The highest BCUT2D eigenvalue weighted by atomic mass is 16.4. The monoisotopic (exact) mass is 496 g/mol. The number of hydrogen-bond acceptors (Lipinski definition) is 7. The Kier molecular flexibility index (Phi) is 11.9. The van der Waals surface area contributed by atoms with Gasteiger partial charge in [-0.2, -0.15) is 0 Å². The molecule has 0 radical (unpaired) electrons. The lowest BCUT2D eigenvalue weighted by Crippen LogP contribution is -2.58. The van der Waals surface area contributed by atoms with E-state index in [1.807, 2.05) is 13.8 Å². The Balaban J connectivity index is 2.95. The molecule has 4 unspecified atom stereocenters. The first kappa shape index (κ1) is 29.6. The van der Waals surface area contributed by atoms with E-state index in [1.54, 1.807) is 13.8 Å². The van der Waals surface area contributed by atoms with Crippen LogP contribution in [0, 0.1) is 11.8 Å². The molecule has 0 aliphatic heterocycles. The van der Waals surface area contributed by atoms with Gasteiger partial charge in [0.2, 0.25) is 17.7 Å². The molecule has 35 heavy (non-hydrogen) atoms. The quantitative estimate of drug-likeness (QED) is 0.164. The fourth-order valence-corrected chi connectivity index (χ4v) is 3.30. The second-order valence-electron chi connectivity index (χ2n) is 9.14. The Labute approximate surface area is 203 Å². The van der Waals surface area contributed by atoms with Crippen molar-refractivity contribution < 1.29 is 34.2 Å². The van der Waals surface area contributed by atoms with Crippen LogP contribution in [0.2, 0.25) is 0 Å². The molecule has 13 nitrogen and oxygen atoms in total. The summed E-state index contributed by atoms with van der Waals surface area (Å²) in [5, 5.41) is 25.9. The van der Waals surface area contributed by atoms with Crippen LogP contribution in [0.3, 0.4) is 0 Å².